The van der Waals surface area contributed by atoms with Crippen LogP contribution in [0.5, 0.6) is 5.75 Å². The van der Waals surface area contributed by atoms with Crippen LogP contribution in [0.3, 0.4) is 0 Å². The molecule has 0 aliphatic carbocycles. The van der Waals surface area contributed by atoms with Crippen LogP contribution in [0.15, 0.2) is 24.3 Å². The zero-order valence-corrected chi connectivity index (χ0v) is 10.7. The lowest BCUT2D eigenvalue weighted by atomic mass is 10.1. The first-order chi connectivity index (χ1) is 10.4. The predicted octanol–water partition coefficient (Wildman–Crippen LogP) is 3.09. The number of hydrogen-bond donors (Lipinski definition) is 1. The predicted molar refractivity (Wildman–Crippen MR) is 63.6 cm³/mol. The van der Waals surface area contributed by atoms with Crippen molar-refractivity contribution in [2.45, 2.75) is 6.61 Å². The van der Waals surface area contributed by atoms with E-state index >= 15 is 0 Å². The standard InChI is InChI=1S/C14H7F5O3/c15-8-9(16)11(18)13(12(19)10(8)17)22-14(21)7-4-2-1-3-6(7)5-20/h1-4,20H,5H2. The van der Waals surface area contributed by atoms with E-state index in [9.17, 15) is 26.7 Å². The van der Waals surface area contributed by atoms with Crippen molar-refractivity contribution in [3.8, 4) is 5.75 Å². The first kappa shape index (κ1) is 15.9. The average molecular weight is 318 g/mol. The van der Waals surface area contributed by atoms with Gasteiger partial charge in [0.15, 0.2) is 0 Å². The molecule has 2 rings (SSSR count). The Morgan fingerprint density at radius 3 is 1.95 bits per heavy atom. The lowest BCUT2D eigenvalue weighted by molar-refractivity contribution is 0.0712. The highest BCUT2D eigenvalue weighted by Crippen LogP contribution is 2.29. The Hall–Kier alpha value is -2.48. The highest BCUT2D eigenvalue weighted by Gasteiger charge is 2.29. The molecule has 1 N–H and O–H groups in total. The number of benzene rings is 2. The van der Waals surface area contributed by atoms with Crippen molar-refractivity contribution in [2.24, 2.45) is 0 Å². The van der Waals surface area contributed by atoms with E-state index in [-0.39, 0.29) is 11.1 Å². The van der Waals surface area contributed by atoms with Gasteiger partial charge in [0.25, 0.3) is 0 Å². The maximum atomic E-state index is 13.4. The van der Waals surface area contributed by atoms with Crippen molar-refractivity contribution < 1.29 is 36.6 Å². The van der Waals surface area contributed by atoms with E-state index in [4.69, 9.17) is 5.11 Å². The number of aliphatic hydroxyl groups is 1. The smallest absolute Gasteiger partial charge is 0.344 e. The summed E-state index contributed by atoms with van der Waals surface area (Å²) < 4.78 is 70.0. The third-order valence-electron chi connectivity index (χ3n) is 2.77. The molecule has 0 aliphatic heterocycles. The third-order valence-corrected chi connectivity index (χ3v) is 2.77. The van der Waals surface area contributed by atoms with Crippen LogP contribution in [0, 0.1) is 29.1 Å². The molecule has 0 unspecified atom stereocenters. The van der Waals surface area contributed by atoms with Crippen molar-refractivity contribution >= 4 is 5.97 Å². The van der Waals surface area contributed by atoms with Crippen LogP contribution in [0.1, 0.15) is 15.9 Å². The van der Waals surface area contributed by atoms with Crippen LogP contribution in [0.25, 0.3) is 0 Å². The molecule has 0 amide bonds. The van der Waals surface area contributed by atoms with Gasteiger partial charge in [0.2, 0.25) is 34.8 Å². The molecule has 0 spiro atoms. The zero-order chi connectivity index (χ0) is 16.4. The first-order valence-corrected chi connectivity index (χ1v) is 5.80. The maximum absolute atomic E-state index is 13.4. The monoisotopic (exact) mass is 318 g/mol. The first-order valence-electron chi connectivity index (χ1n) is 5.80. The molecule has 0 atom stereocenters. The normalized spacial score (nSPS) is 10.6. The summed E-state index contributed by atoms with van der Waals surface area (Å²) in [5.41, 5.74) is -0.203. The second-order valence-electron chi connectivity index (χ2n) is 4.10. The third kappa shape index (κ3) is 2.64. The second kappa shape index (κ2) is 6.10. The van der Waals surface area contributed by atoms with E-state index < -0.39 is 47.4 Å². The Bertz CT molecular complexity index is 716. The quantitative estimate of drug-likeness (QED) is 0.311. The molecule has 0 saturated heterocycles. The Morgan fingerprint density at radius 2 is 1.41 bits per heavy atom. The van der Waals surface area contributed by atoms with Crippen LogP contribution in [0.2, 0.25) is 0 Å². The van der Waals surface area contributed by atoms with E-state index in [1.54, 1.807) is 0 Å². The van der Waals surface area contributed by atoms with Crippen LogP contribution in [0.4, 0.5) is 22.0 Å². The molecule has 0 aliphatic rings. The molecular formula is C14H7F5O3. The summed E-state index contributed by atoms with van der Waals surface area (Å²) in [7, 11) is 0. The fraction of sp³-hybridized carbons (Fsp3) is 0.0714. The van der Waals surface area contributed by atoms with Gasteiger partial charge in [-0.1, -0.05) is 18.2 Å². The van der Waals surface area contributed by atoms with Crippen LogP contribution in [-0.2, 0) is 6.61 Å². The molecule has 2 aromatic carbocycles. The van der Waals surface area contributed by atoms with Crippen molar-refractivity contribution in [1.29, 1.82) is 0 Å². The molecule has 116 valence electrons. The van der Waals surface area contributed by atoms with E-state index in [1.807, 2.05) is 0 Å². The number of hydrogen-bond acceptors (Lipinski definition) is 3. The molecule has 0 aromatic heterocycles. The highest BCUT2D eigenvalue weighted by atomic mass is 19.2. The molecule has 0 fully saturated rings. The highest BCUT2D eigenvalue weighted by molar-refractivity contribution is 5.92. The lowest BCUT2D eigenvalue weighted by Crippen LogP contribution is -2.15. The second-order valence-corrected chi connectivity index (χ2v) is 4.10. The van der Waals surface area contributed by atoms with Crippen LogP contribution < -0.4 is 4.74 Å². The number of carbonyl (C=O) groups is 1. The summed E-state index contributed by atoms with van der Waals surface area (Å²) in [6.07, 6.45) is 0. The molecule has 0 heterocycles. The van der Waals surface area contributed by atoms with Crippen LogP contribution in [-0.4, -0.2) is 11.1 Å². The molecular weight excluding hydrogens is 311 g/mol. The van der Waals surface area contributed by atoms with Gasteiger partial charge in [-0.25, -0.2) is 18.0 Å². The zero-order valence-electron chi connectivity index (χ0n) is 10.7. The number of halogens is 5. The molecule has 3 nitrogen and oxygen atoms in total. The summed E-state index contributed by atoms with van der Waals surface area (Å²) in [6, 6.07) is 5.34. The molecule has 8 heteroatoms. The number of ether oxygens (including phenoxy) is 1. The van der Waals surface area contributed by atoms with E-state index in [0.29, 0.717) is 0 Å². The van der Waals surface area contributed by atoms with Gasteiger partial charge in [0.05, 0.1) is 12.2 Å². The Kier molecular flexibility index (Phi) is 4.41. The minimum atomic E-state index is -2.36. The van der Waals surface area contributed by atoms with Gasteiger partial charge in [-0.3, -0.25) is 0 Å². The molecule has 0 saturated carbocycles. The number of carbonyl (C=O) groups excluding carboxylic acids is 1. The van der Waals surface area contributed by atoms with Crippen molar-refractivity contribution in [3.63, 3.8) is 0 Å². The summed E-state index contributed by atoms with van der Waals surface area (Å²) in [5, 5.41) is 9.04. The summed E-state index contributed by atoms with van der Waals surface area (Å²) in [5.74, 6) is -14.4. The minimum Gasteiger partial charge on any atom is -0.416 e. The van der Waals surface area contributed by atoms with Crippen molar-refractivity contribution in [2.75, 3.05) is 0 Å². The fourth-order valence-electron chi connectivity index (χ4n) is 1.68. The van der Waals surface area contributed by atoms with Gasteiger partial charge in [-0.2, -0.15) is 8.78 Å². The number of rotatable bonds is 3. The Morgan fingerprint density at radius 1 is 0.909 bits per heavy atom. The Balaban J connectivity index is 2.45. The van der Waals surface area contributed by atoms with Crippen LogP contribution >= 0.6 is 0 Å². The van der Waals surface area contributed by atoms with Gasteiger partial charge in [-0.05, 0) is 11.6 Å². The van der Waals surface area contributed by atoms with Gasteiger partial charge in [-0.15, -0.1) is 0 Å². The largest absolute Gasteiger partial charge is 0.416 e. The topological polar surface area (TPSA) is 46.5 Å². The fourth-order valence-corrected chi connectivity index (χ4v) is 1.68. The molecule has 2 aromatic rings. The van der Waals surface area contributed by atoms with E-state index in [2.05, 4.69) is 4.74 Å². The van der Waals surface area contributed by atoms with Gasteiger partial charge >= 0.3 is 5.97 Å². The van der Waals surface area contributed by atoms with Crippen molar-refractivity contribution in [1.82, 2.24) is 0 Å². The van der Waals surface area contributed by atoms with E-state index in [1.165, 1.54) is 24.3 Å². The minimum absolute atomic E-state index is 0.0661. The summed E-state index contributed by atoms with van der Waals surface area (Å²) >= 11 is 0. The maximum Gasteiger partial charge on any atom is 0.344 e. The molecule has 0 bridgehead atoms. The Labute approximate surface area is 120 Å². The summed E-state index contributed by atoms with van der Waals surface area (Å²) in [4.78, 5) is 11.8. The van der Waals surface area contributed by atoms with Gasteiger partial charge in [0, 0.05) is 0 Å². The summed E-state index contributed by atoms with van der Waals surface area (Å²) in [6.45, 7) is -0.581. The van der Waals surface area contributed by atoms with Gasteiger partial charge in [0.1, 0.15) is 0 Å². The van der Waals surface area contributed by atoms with E-state index in [0.717, 1.165) is 0 Å². The number of aliphatic hydroxyl groups excluding tert-OH is 1. The van der Waals surface area contributed by atoms with Crippen molar-refractivity contribution in [3.05, 3.63) is 64.5 Å². The average Bonchev–Trinajstić information content (AvgIpc) is 2.54. The SMILES string of the molecule is O=C(Oc1c(F)c(F)c(F)c(F)c1F)c1ccccc1CO. The lowest BCUT2D eigenvalue weighted by Gasteiger charge is -2.10. The molecule has 22 heavy (non-hydrogen) atoms. The number of esters is 1. The molecule has 0 radical (unpaired) electrons. The van der Waals surface area contributed by atoms with Gasteiger partial charge < -0.3 is 9.84 Å².